The number of aromatic amines is 1. The van der Waals surface area contributed by atoms with Gasteiger partial charge in [0.25, 0.3) is 0 Å². The van der Waals surface area contributed by atoms with Crippen molar-refractivity contribution in [2.24, 2.45) is 7.05 Å². The molecule has 1 saturated heterocycles. The van der Waals surface area contributed by atoms with Gasteiger partial charge in [0.15, 0.2) is 11.6 Å². The second kappa shape index (κ2) is 10.6. The van der Waals surface area contributed by atoms with Crippen molar-refractivity contribution in [3.63, 3.8) is 0 Å². The number of carbonyl (C=O) groups excluding carboxylic acids is 1. The fourth-order valence-corrected chi connectivity index (χ4v) is 4.45. The van der Waals surface area contributed by atoms with E-state index in [1.165, 1.54) is 19.4 Å². The van der Waals surface area contributed by atoms with E-state index in [1.54, 1.807) is 6.92 Å². The van der Waals surface area contributed by atoms with Crippen LogP contribution in [0.15, 0.2) is 48.9 Å². The molecule has 1 atom stereocenters. The number of halogens is 2. The molecule has 190 valence electrons. The number of rotatable bonds is 6. The van der Waals surface area contributed by atoms with Crippen LogP contribution in [0.2, 0.25) is 0 Å². The van der Waals surface area contributed by atoms with E-state index in [2.05, 4.69) is 26.1 Å². The molecule has 3 aromatic heterocycles. The average molecular weight is 495 g/mol. The molecule has 1 unspecified atom stereocenters. The maximum absolute atomic E-state index is 11.9. The van der Waals surface area contributed by atoms with Crippen LogP contribution in [0.5, 0.6) is 0 Å². The van der Waals surface area contributed by atoms with Crippen molar-refractivity contribution in [1.29, 1.82) is 0 Å². The highest BCUT2D eigenvalue weighted by molar-refractivity contribution is 5.99. The summed E-state index contributed by atoms with van der Waals surface area (Å²) in [6.07, 6.45) is 6.71. The summed E-state index contributed by atoms with van der Waals surface area (Å²) in [6, 6.07) is 10.00. The lowest BCUT2D eigenvalue weighted by Gasteiger charge is -2.17. The highest BCUT2D eigenvalue weighted by Crippen LogP contribution is 2.31. The minimum absolute atomic E-state index is 0.0382. The van der Waals surface area contributed by atoms with Crippen LogP contribution in [0.4, 0.5) is 14.6 Å². The van der Waals surface area contributed by atoms with Crippen molar-refractivity contribution in [3.05, 3.63) is 60.2 Å². The van der Waals surface area contributed by atoms with Gasteiger partial charge in [-0.3, -0.25) is 9.89 Å². The Labute approximate surface area is 209 Å². The monoisotopic (exact) mass is 494 g/mol. The second-order valence-electron chi connectivity index (χ2n) is 9.18. The summed E-state index contributed by atoms with van der Waals surface area (Å²) in [7, 11) is 1.92. The van der Waals surface area contributed by atoms with Crippen LogP contribution in [-0.2, 0) is 7.05 Å². The van der Waals surface area contributed by atoms with Crippen LogP contribution in [0.3, 0.4) is 0 Å². The second-order valence-corrected chi connectivity index (χ2v) is 9.18. The Kier molecular flexibility index (Phi) is 7.47. The topological polar surface area (TPSA) is 79.7 Å². The molecule has 1 N–H and O–H groups in total. The van der Waals surface area contributed by atoms with E-state index >= 15 is 0 Å². The molecule has 0 amide bonds. The third-order valence-corrected chi connectivity index (χ3v) is 6.84. The van der Waals surface area contributed by atoms with Gasteiger partial charge in [-0.2, -0.15) is 5.10 Å². The van der Waals surface area contributed by atoms with Crippen molar-refractivity contribution in [3.8, 4) is 11.4 Å². The zero-order valence-electron chi connectivity index (χ0n) is 21.1. The molecule has 9 heteroatoms. The Morgan fingerprint density at radius 3 is 2.61 bits per heavy atom. The number of aromatic nitrogens is 5. The number of nitrogens with one attached hydrogen (secondary N) is 1. The molecule has 1 aliphatic rings. The number of hydrogen-bond donors (Lipinski definition) is 1. The molecule has 7 nitrogen and oxygen atoms in total. The van der Waals surface area contributed by atoms with Crippen LogP contribution < -0.4 is 4.90 Å². The number of fused-ring (bicyclic) bond motifs is 1. The lowest BCUT2D eigenvalue weighted by Crippen LogP contribution is -2.20. The first-order chi connectivity index (χ1) is 17.2. The van der Waals surface area contributed by atoms with Crippen molar-refractivity contribution < 1.29 is 13.6 Å². The standard InChI is InChI=1S/C22H22N6O.C5H10F2/c1-14(29)19-9-15-3-4-16(10-20(15)27(19)2)22-23-7-5-21(26-22)28-8-6-17(13-28)18-11-24-25-12-18;1-3-5(6,7)4-2/h3-5,7,9-12,17H,6,8,13H2,1-2H3,(H,24,25);3-4H2,1-2H3. The molecule has 36 heavy (non-hydrogen) atoms. The van der Waals surface area contributed by atoms with Crippen molar-refractivity contribution in [2.75, 3.05) is 18.0 Å². The number of hydrogen-bond acceptors (Lipinski definition) is 5. The van der Waals surface area contributed by atoms with Crippen LogP contribution >= 0.6 is 0 Å². The van der Waals surface area contributed by atoms with Crippen LogP contribution in [0.25, 0.3) is 22.3 Å². The van der Waals surface area contributed by atoms with Gasteiger partial charge in [-0.25, -0.2) is 18.7 Å². The third-order valence-electron chi connectivity index (χ3n) is 6.84. The van der Waals surface area contributed by atoms with E-state index in [9.17, 15) is 13.6 Å². The average Bonchev–Trinajstić information content (AvgIpc) is 3.65. The molecule has 1 fully saturated rings. The molecule has 0 radical (unpaired) electrons. The third kappa shape index (κ3) is 5.45. The van der Waals surface area contributed by atoms with E-state index in [4.69, 9.17) is 4.98 Å². The summed E-state index contributed by atoms with van der Waals surface area (Å²) in [5.74, 6) is -0.249. The highest BCUT2D eigenvalue weighted by Gasteiger charge is 2.26. The first-order valence-electron chi connectivity index (χ1n) is 12.3. The zero-order chi connectivity index (χ0) is 25.9. The molecule has 1 aromatic carbocycles. The maximum Gasteiger partial charge on any atom is 0.247 e. The summed E-state index contributed by atoms with van der Waals surface area (Å²) in [6.45, 7) is 6.46. The lowest BCUT2D eigenvalue weighted by molar-refractivity contribution is -0.00647. The van der Waals surface area contributed by atoms with Gasteiger partial charge >= 0.3 is 0 Å². The van der Waals surface area contributed by atoms with E-state index in [-0.39, 0.29) is 18.6 Å². The Bertz CT molecular complexity index is 1330. The summed E-state index contributed by atoms with van der Waals surface area (Å²) < 4.78 is 25.7. The molecule has 4 heterocycles. The van der Waals surface area contributed by atoms with Crippen LogP contribution in [0.1, 0.15) is 62.0 Å². The number of H-pyrrole nitrogens is 1. The number of aryl methyl sites for hydroxylation is 1. The summed E-state index contributed by atoms with van der Waals surface area (Å²) in [5.41, 5.74) is 3.90. The number of benzene rings is 1. The maximum atomic E-state index is 11.9. The van der Waals surface area contributed by atoms with Gasteiger partial charge in [0, 0.05) is 74.7 Å². The largest absolute Gasteiger partial charge is 0.356 e. The van der Waals surface area contributed by atoms with Gasteiger partial charge in [0.1, 0.15) is 5.82 Å². The number of nitrogens with zero attached hydrogens (tertiary/aromatic N) is 5. The van der Waals surface area contributed by atoms with Gasteiger partial charge in [-0.05, 0) is 30.2 Å². The normalized spacial score (nSPS) is 15.7. The summed E-state index contributed by atoms with van der Waals surface area (Å²) in [5, 5.41) is 8.01. The van der Waals surface area contributed by atoms with Crippen molar-refractivity contribution >= 4 is 22.5 Å². The molecule has 0 saturated carbocycles. The minimum Gasteiger partial charge on any atom is -0.356 e. The Hall–Kier alpha value is -3.62. The number of alkyl halides is 2. The Morgan fingerprint density at radius 1 is 1.19 bits per heavy atom. The van der Waals surface area contributed by atoms with Gasteiger partial charge in [0.05, 0.1) is 11.9 Å². The van der Waals surface area contributed by atoms with Gasteiger partial charge in [0.2, 0.25) is 5.92 Å². The quantitative estimate of drug-likeness (QED) is 0.333. The summed E-state index contributed by atoms with van der Waals surface area (Å²) >= 11 is 0. The first kappa shape index (κ1) is 25.5. The van der Waals surface area contributed by atoms with Crippen LogP contribution in [-0.4, -0.2) is 49.5 Å². The molecule has 0 aliphatic carbocycles. The van der Waals surface area contributed by atoms with E-state index < -0.39 is 5.92 Å². The zero-order valence-corrected chi connectivity index (χ0v) is 21.1. The minimum atomic E-state index is -2.42. The smallest absolute Gasteiger partial charge is 0.247 e. The predicted molar refractivity (Wildman–Crippen MR) is 138 cm³/mol. The van der Waals surface area contributed by atoms with Crippen LogP contribution in [0, 0.1) is 0 Å². The number of carbonyl (C=O) groups is 1. The molecule has 0 spiro atoms. The van der Waals surface area contributed by atoms with Crippen molar-refractivity contribution in [1.82, 2.24) is 24.7 Å². The molecule has 1 aliphatic heterocycles. The highest BCUT2D eigenvalue weighted by atomic mass is 19.3. The fourth-order valence-electron chi connectivity index (χ4n) is 4.45. The fraction of sp³-hybridized carbons (Fsp3) is 0.407. The predicted octanol–water partition coefficient (Wildman–Crippen LogP) is 6.00. The Morgan fingerprint density at radius 2 is 1.97 bits per heavy atom. The Balaban J connectivity index is 0.000000384. The van der Waals surface area contributed by atoms with Gasteiger partial charge in [-0.15, -0.1) is 0 Å². The molecule has 0 bridgehead atoms. The molecular formula is C27H32F2N6O. The van der Waals surface area contributed by atoms with E-state index in [0.717, 1.165) is 41.8 Å². The summed E-state index contributed by atoms with van der Waals surface area (Å²) in [4.78, 5) is 23.5. The van der Waals surface area contributed by atoms with E-state index in [0.29, 0.717) is 17.4 Å². The first-order valence-corrected chi connectivity index (χ1v) is 12.3. The number of anilines is 1. The molecule has 4 aromatic rings. The molecular weight excluding hydrogens is 462 g/mol. The number of Topliss-reactive ketones (excluding diaryl/α,β-unsaturated/α-hetero) is 1. The SMILES string of the molecule is CC(=O)c1cc2ccc(-c3nccc(N4CCC(c5cn[nH]c5)C4)n3)cc2n1C.CCC(F)(F)CC. The van der Waals surface area contributed by atoms with Crippen molar-refractivity contribution in [2.45, 2.75) is 51.9 Å². The van der Waals surface area contributed by atoms with Gasteiger partial charge < -0.3 is 9.47 Å². The molecule has 5 rings (SSSR count). The van der Waals surface area contributed by atoms with E-state index in [1.807, 2.05) is 54.5 Å². The number of ketones is 1. The van der Waals surface area contributed by atoms with Gasteiger partial charge in [-0.1, -0.05) is 26.0 Å². The lowest BCUT2D eigenvalue weighted by atomic mass is 10.0.